The summed E-state index contributed by atoms with van der Waals surface area (Å²) in [5.41, 5.74) is 11.8. The van der Waals surface area contributed by atoms with Crippen molar-refractivity contribution in [1.82, 2.24) is 14.5 Å². The fraction of sp³-hybridized carbons (Fsp3) is 0.263. The van der Waals surface area contributed by atoms with Gasteiger partial charge in [-0.2, -0.15) is 0 Å². The number of rotatable bonds is 8. The number of imidazole rings is 1. The number of phenolic OH excluding ortho intramolecular Hbond substituents is 1. The molecule has 6 aromatic carbocycles. The molecule has 0 atom stereocenters. The second kappa shape index (κ2) is 16.0. The van der Waals surface area contributed by atoms with Crippen molar-refractivity contribution in [3.05, 3.63) is 167 Å². The molecule has 0 bridgehead atoms. The minimum absolute atomic E-state index is 0.00232. The summed E-state index contributed by atoms with van der Waals surface area (Å²) in [5, 5.41) is 12.3. The van der Waals surface area contributed by atoms with Crippen LogP contribution in [0.2, 0.25) is 0 Å². The van der Waals surface area contributed by atoms with Crippen molar-refractivity contribution in [2.75, 3.05) is 0 Å². The van der Waals surface area contributed by atoms with Gasteiger partial charge in [-0.15, -0.1) is 0 Å². The maximum atomic E-state index is 12.3. The summed E-state index contributed by atoms with van der Waals surface area (Å²) in [6.07, 6.45) is 1.57. The quantitative estimate of drug-likeness (QED) is 0.166. The van der Waals surface area contributed by atoms with Crippen LogP contribution in [0.25, 0.3) is 72.7 Å². The molecule has 308 valence electrons. The molecule has 0 saturated carbocycles. The zero-order valence-electron chi connectivity index (χ0n) is 43.9. The number of hydrogen-bond donors (Lipinski definition) is 1. The molecule has 1 N–H and O–H groups in total. The number of nitrogens with zero attached hydrogens (tertiary/aromatic N) is 3. The Morgan fingerprint density at radius 2 is 1.33 bits per heavy atom. The van der Waals surface area contributed by atoms with E-state index in [4.69, 9.17) is 19.6 Å². The van der Waals surface area contributed by atoms with Crippen LogP contribution in [-0.4, -0.2) is 19.6 Å². The summed E-state index contributed by atoms with van der Waals surface area (Å²) < 4.78 is 60.8. The highest BCUT2D eigenvalue weighted by Gasteiger charge is 2.27. The Morgan fingerprint density at radius 1 is 0.607 bits per heavy atom. The maximum Gasteiger partial charge on any atom is 0.149 e. The highest BCUT2D eigenvalue weighted by atomic mass is 16.3. The van der Waals surface area contributed by atoms with Gasteiger partial charge in [-0.25, -0.2) is 4.98 Å². The second-order valence-corrected chi connectivity index (χ2v) is 18.8. The summed E-state index contributed by atoms with van der Waals surface area (Å²) in [5.74, 6) is 1.05. The highest BCUT2D eigenvalue weighted by Crippen LogP contribution is 2.45. The molecule has 8 aromatic rings. The molecule has 0 saturated heterocycles. The molecule has 61 heavy (non-hydrogen) atoms. The summed E-state index contributed by atoms with van der Waals surface area (Å²) >= 11 is 0. The van der Waals surface area contributed by atoms with Gasteiger partial charge in [0.1, 0.15) is 11.6 Å². The summed E-state index contributed by atoms with van der Waals surface area (Å²) in [6.45, 7) is 18.8. The van der Waals surface area contributed by atoms with Gasteiger partial charge < -0.3 is 5.11 Å². The lowest BCUT2D eigenvalue weighted by Gasteiger charge is -2.23. The number of benzene rings is 6. The minimum Gasteiger partial charge on any atom is -0.507 e. The molecule has 8 rings (SSSR count). The van der Waals surface area contributed by atoms with Gasteiger partial charge in [0.15, 0.2) is 0 Å². The van der Waals surface area contributed by atoms with E-state index in [0.717, 1.165) is 61.2 Å². The lowest BCUT2D eigenvalue weighted by atomic mass is 9.83. The van der Waals surface area contributed by atoms with Crippen LogP contribution >= 0.6 is 0 Å². The van der Waals surface area contributed by atoms with Crippen molar-refractivity contribution in [3.8, 4) is 67.5 Å². The molecule has 0 fully saturated rings. The Morgan fingerprint density at radius 3 is 2.00 bits per heavy atom. The first-order valence-corrected chi connectivity index (χ1v) is 21.2. The first kappa shape index (κ1) is 33.5. The van der Waals surface area contributed by atoms with Crippen molar-refractivity contribution in [3.63, 3.8) is 0 Å². The fourth-order valence-corrected chi connectivity index (χ4v) is 7.99. The van der Waals surface area contributed by atoms with E-state index < -0.39 is 36.6 Å². The maximum absolute atomic E-state index is 12.3. The zero-order valence-corrected chi connectivity index (χ0v) is 36.9. The number of hydrogen-bond acceptors (Lipinski definition) is 3. The first-order chi connectivity index (χ1) is 31.9. The van der Waals surface area contributed by atoms with Crippen LogP contribution in [-0.2, 0) is 10.8 Å². The fourth-order valence-electron chi connectivity index (χ4n) is 7.99. The van der Waals surface area contributed by atoms with Crippen LogP contribution in [0, 0.1) is 6.85 Å². The van der Waals surface area contributed by atoms with E-state index in [1.54, 1.807) is 18.3 Å². The van der Waals surface area contributed by atoms with Crippen LogP contribution in [0.1, 0.15) is 118 Å². The van der Waals surface area contributed by atoms with Crippen LogP contribution in [0.15, 0.2) is 140 Å². The topological polar surface area (TPSA) is 50.9 Å². The molecular formula is C57H59N3O. The Bertz CT molecular complexity index is 3220. The normalized spacial score (nSPS) is 14.1. The molecule has 4 nitrogen and oxygen atoms in total. The summed E-state index contributed by atoms with van der Waals surface area (Å²) in [6, 6.07) is 35.1. The Hall–Kier alpha value is -6.26. The first-order valence-electron chi connectivity index (χ1n) is 24.7. The third kappa shape index (κ3) is 8.16. The van der Waals surface area contributed by atoms with E-state index in [1.165, 1.54) is 5.56 Å². The summed E-state index contributed by atoms with van der Waals surface area (Å²) in [7, 11) is 0. The van der Waals surface area contributed by atoms with Gasteiger partial charge >= 0.3 is 0 Å². The van der Waals surface area contributed by atoms with Crippen LogP contribution in [0.3, 0.4) is 0 Å². The molecular weight excluding hydrogens is 743 g/mol. The Balaban J connectivity index is 1.42. The molecule has 0 aliphatic heterocycles. The number of aromatic hydroxyl groups is 1. The van der Waals surface area contributed by atoms with Crippen molar-refractivity contribution in [2.45, 2.75) is 98.8 Å². The third-order valence-electron chi connectivity index (χ3n) is 11.6. The smallest absolute Gasteiger partial charge is 0.149 e. The standard InChI is InChI=1S/C57H59N3O/c1-35(2)41-31-47(36(3)4)54(61)49(32-41)55-59-53-46(18-15-19-52(53)60(55)51-25-24-44(56(6,7)8)34-48(51)39-16-13-12-14-17-39)42-28-43(30-45(29-42)57(9,10)11)50-33-40(26-27-58-50)38-22-20-37(5)21-23-38/h12-36,61H,1-11H3/i5D3,20D,21D,22D,23D. The molecule has 0 amide bonds. The summed E-state index contributed by atoms with van der Waals surface area (Å²) in [4.78, 5) is 10.4. The minimum atomic E-state index is -2.82. The van der Waals surface area contributed by atoms with Gasteiger partial charge in [0.05, 0.1) is 33.5 Å². The van der Waals surface area contributed by atoms with Crippen molar-refractivity contribution in [2.24, 2.45) is 0 Å². The predicted molar refractivity (Wildman–Crippen MR) is 258 cm³/mol. The highest BCUT2D eigenvalue weighted by molar-refractivity contribution is 5.98. The Labute approximate surface area is 372 Å². The zero-order chi connectivity index (χ0) is 49.4. The monoisotopic (exact) mass is 809 g/mol. The predicted octanol–water partition coefficient (Wildman–Crippen LogP) is 15.6. The molecule has 4 heteroatoms. The van der Waals surface area contributed by atoms with Crippen molar-refractivity contribution in [1.29, 1.82) is 0 Å². The van der Waals surface area contributed by atoms with E-state index in [2.05, 4.69) is 159 Å². The molecule has 0 aliphatic carbocycles. The van der Waals surface area contributed by atoms with Crippen molar-refractivity contribution < 1.29 is 14.7 Å². The van der Waals surface area contributed by atoms with Gasteiger partial charge in [-0.1, -0.05) is 160 Å². The lowest BCUT2D eigenvalue weighted by Crippen LogP contribution is -2.12. The number of para-hydroxylation sites is 1. The van der Waals surface area contributed by atoms with Crippen LogP contribution in [0.5, 0.6) is 5.75 Å². The number of fused-ring (bicyclic) bond motifs is 1. The molecule has 0 spiro atoms. The van der Waals surface area contributed by atoms with E-state index in [1.807, 2.05) is 12.1 Å². The Kier molecular flexibility index (Phi) is 8.76. The van der Waals surface area contributed by atoms with Crippen LogP contribution in [0.4, 0.5) is 0 Å². The number of aromatic nitrogens is 3. The number of pyridine rings is 1. The van der Waals surface area contributed by atoms with E-state index in [0.29, 0.717) is 22.6 Å². The lowest BCUT2D eigenvalue weighted by molar-refractivity contribution is 0.466. The van der Waals surface area contributed by atoms with Gasteiger partial charge in [-0.05, 0) is 123 Å². The second-order valence-electron chi connectivity index (χ2n) is 18.8. The average Bonchev–Trinajstić information content (AvgIpc) is 3.67. The third-order valence-corrected chi connectivity index (χ3v) is 11.6. The van der Waals surface area contributed by atoms with Crippen molar-refractivity contribution >= 4 is 11.0 Å². The molecule has 2 aromatic heterocycles. The van der Waals surface area contributed by atoms with Gasteiger partial charge in [0, 0.05) is 27.0 Å². The number of phenols is 1. The molecule has 2 heterocycles. The SMILES string of the molecule is [2H]c1c([2H])c(C([2H])([2H])[2H])c([2H])c([2H])c1-c1ccnc(-c2cc(-c3cccc4c3nc(-c3cc(C(C)C)cc(C(C)C)c3O)n4-c3ccc(C(C)(C)C)cc3-c3ccccc3)cc(C(C)(C)C)c2)c1. The van der Waals surface area contributed by atoms with E-state index >= 15 is 0 Å². The molecule has 0 unspecified atom stereocenters. The van der Waals surface area contributed by atoms with Crippen LogP contribution < -0.4 is 0 Å². The van der Waals surface area contributed by atoms with E-state index in [9.17, 15) is 5.11 Å². The molecule has 0 aliphatic rings. The molecule has 0 radical (unpaired) electrons. The average molecular weight is 809 g/mol. The van der Waals surface area contributed by atoms with E-state index in [-0.39, 0.29) is 34.0 Å². The largest absolute Gasteiger partial charge is 0.507 e. The van der Waals surface area contributed by atoms with Gasteiger partial charge in [0.25, 0.3) is 0 Å². The van der Waals surface area contributed by atoms with Gasteiger partial charge in [0.2, 0.25) is 0 Å². The van der Waals surface area contributed by atoms with Gasteiger partial charge in [-0.3, -0.25) is 9.55 Å².